The highest BCUT2D eigenvalue weighted by Crippen LogP contribution is 2.46. The molecule has 0 radical (unpaired) electrons. The van der Waals surface area contributed by atoms with Gasteiger partial charge < -0.3 is 27.8 Å². The number of nitrogens with zero attached hydrogens (tertiary/aromatic N) is 2. The molecule has 0 unspecified atom stereocenters. The molecule has 12 nitrogen and oxygen atoms in total. The van der Waals surface area contributed by atoms with Crippen molar-refractivity contribution in [2.75, 3.05) is 14.2 Å². The van der Waals surface area contributed by atoms with E-state index in [0.717, 1.165) is 66.6 Å². The first-order valence-corrected chi connectivity index (χ1v) is 24.7. The minimum atomic E-state index is -4.29. The lowest BCUT2D eigenvalue weighted by Gasteiger charge is -2.14. The van der Waals surface area contributed by atoms with Crippen molar-refractivity contribution in [3.05, 3.63) is 154 Å². The molecule has 8 bridgehead atoms. The van der Waals surface area contributed by atoms with Crippen LogP contribution in [0, 0.1) is 27.7 Å². The first-order valence-electron chi connectivity index (χ1n) is 21.9. The SMILES string of the molecule is COc1ccc(S(=O)(=O)Oc2ccccc2-c2c3nc(cc4[nH]c(c(C)c4C)c(-c4ccccc4OS(=O)(=O)c4ccc(OC)cc4)c4nc(cc5[nH]c2c(C)c5C)C(C)=C4C)C(C)=C3C)cc1. The van der Waals surface area contributed by atoms with Gasteiger partial charge in [-0.25, -0.2) is 9.97 Å². The summed E-state index contributed by atoms with van der Waals surface area (Å²) in [4.78, 5) is 18.1. The third-order valence-corrected chi connectivity index (χ3v) is 15.7. The third kappa shape index (κ3) is 7.92. The van der Waals surface area contributed by atoms with E-state index in [1.807, 2.05) is 91.8 Å². The van der Waals surface area contributed by atoms with Crippen LogP contribution in [0.4, 0.5) is 0 Å². The number of allylic oxidation sites excluding steroid dienone is 4. The first-order chi connectivity index (χ1) is 32.4. The Morgan fingerprint density at radius 2 is 0.794 bits per heavy atom. The summed E-state index contributed by atoms with van der Waals surface area (Å²) < 4.78 is 78.3. The molecule has 3 aromatic heterocycles. The van der Waals surface area contributed by atoms with Gasteiger partial charge in [-0.15, -0.1) is 0 Å². The summed E-state index contributed by atoms with van der Waals surface area (Å²) >= 11 is 0. The van der Waals surface area contributed by atoms with Crippen molar-refractivity contribution in [1.29, 1.82) is 0 Å². The number of H-pyrrole nitrogens is 2. The van der Waals surface area contributed by atoms with E-state index in [1.165, 1.54) is 38.5 Å². The number of hydrogen-bond donors (Lipinski definition) is 2. The number of methoxy groups -OCH3 is 2. The molecule has 346 valence electrons. The molecule has 2 aliphatic heterocycles. The average Bonchev–Trinajstić information content (AvgIpc) is 3.97. The standard InChI is InChI=1S/C54H50N4O8S2/c1-29-33(5)51-49(41-15-11-13-17-47(41)65-67(59,60)39-23-19-37(63-9)20-24-39)52-35(7)31(3)45(57-52)28-46-32(4)36(8)54(58-46)50(53-34(6)30(2)44(56-53)27-43(29)55-51)42-16-12-14-18-48(42)66-68(61,62)40-25-21-38(64-10)22-26-40/h11-28,55,58H,1-10H3. The van der Waals surface area contributed by atoms with E-state index < -0.39 is 20.2 Å². The van der Waals surface area contributed by atoms with Gasteiger partial charge in [-0.1, -0.05) is 36.4 Å². The van der Waals surface area contributed by atoms with Crippen molar-refractivity contribution in [2.45, 2.75) is 65.2 Å². The Morgan fingerprint density at radius 3 is 1.15 bits per heavy atom. The second kappa shape index (κ2) is 17.3. The number of nitrogens with one attached hydrogen (secondary N) is 2. The molecule has 0 amide bonds. The molecule has 0 aliphatic carbocycles. The van der Waals surface area contributed by atoms with Crippen molar-refractivity contribution in [1.82, 2.24) is 19.9 Å². The fourth-order valence-corrected chi connectivity index (χ4v) is 10.5. The summed E-state index contributed by atoms with van der Waals surface area (Å²) in [7, 11) is -5.54. The number of ether oxygens (including phenoxy) is 2. The third-order valence-electron chi connectivity index (χ3n) is 13.2. The fourth-order valence-electron chi connectivity index (χ4n) is 8.64. The van der Waals surface area contributed by atoms with Crippen LogP contribution >= 0.6 is 0 Å². The number of hydrogen-bond acceptors (Lipinski definition) is 10. The van der Waals surface area contributed by atoms with Crippen molar-refractivity contribution in [2.24, 2.45) is 0 Å². The van der Waals surface area contributed by atoms with Crippen LogP contribution in [0.25, 0.3) is 66.6 Å². The lowest BCUT2D eigenvalue weighted by molar-refractivity contribution is 0.414. The minimum Gasteiger partial charge on any atom is -0.497 e. The van der Waals surface area contributed by atoms with Gasteiger partial charge in [-0.2, -0.15) is 16.8 Å². The quantitative estimate of drug-likeness (QED) is 0.126. The zero-order chi connectivity index (χ0) is 48.4. The molecule has 0 atom stereocenters. The molecule has 4 aromatic carbocycles. The maximum Gasteiger partial charge on any atom is 0.339 e. The van der Waals surface area contributed by atoms with Crippen LogP contribution in [0.15, 0.2) is 119 Å². The molecule has 0 spiro atoms. The van der Waals surface area contributed by atoms with Crippen LogP contribution in [0.5, 0.6) is 23.0 Å². The highest BCUT2D eigenvalue weighted by atomic mass is 32.2. The molecular formula is C54H50N4O8S2. The van der Waals surface area contributed by atoms with Crippen molar-refractivity contribution < 1.29 is 34.7 Å². The summed E-state index contributed by atoms with van der Waals surface area (Å²) in [5.74, 6) is 1.30. The summed E-state index contributed by atoms with van der Waals surface area (Å²) in [5, 5.41) is 0. The normalized spacial score (nSPS) is 13.0. The number of fused-ring (bicyclic) bond motifs is 8. The van der Waals surface area contributed by atoms with Gasteiger partial charge in [0.05, 0.1) is 48.0 Å². The van der Waals surface area contributed by atoms with Gasteiger partial charge in [0.25, 0.3) is 0 Å². The second-order valence-electron chi connectivity index (χ2n) is 17.0. The number of aromatic nitrogens is 4. The Labute approximate surface area is 396 Å². The monoisotopic (exact) mass is 946 g/mol. The Morgan fingerprint density at radius 1 is 0.441 bits per heavy atom. The molecular weight excluding hydrogens is 897 g/mol. The summed E-state index contributed by atoms with van der Waals surface area (Å²) in [6, 6.07) is 30.3. The highest BCUT2D eigenvalue weighted by molar-refractivity contribution is 7.87. The molecule has 2 aliphatic rings. The Balaban J connectivity index is 1.34. The van der Waals surface area contributed by atoms with Gasteiger partial charge in [0.2, 0.25) is 0 Å². The number of aryl methyl sites for hydroxylation is 4. The van der Waals surface area contributed by atoms with E-state index in [1.54, 1.807) is 48.5 Å². The van der Waals surface area contributed by atoms with E-state index in [0.29, 0.717) is 56.5 Å². The van der Waals surface area contributed by atoms with Crippen LogP contribution in [0.1, 0.15) is 72.7 Å². The van der Waals surface area contributed by atoms with Gasteiger partial charge >= 0.3 is 20.2 Å². The van der Waals surface area contributed by atoms with Gasteiger partial charge in [0, 0.05) is 33.3 Å². The maximum atomic E-state index is 13.9. The van der Waals surface area contributed by atoms with Crippen LogP contribution < -0.4 is 17.8 Å². The number of para-hydroxylation sites is 2. The predicted octanol–water partition coefficient (Wildman–Crippen LogP) is 12.3. The molecule has 5 heterocycles. The van der Waals surface area contributed by atoms with Crippen LogP contribution in [0.2, 0.25) is 0 Å². The van der Waals surface area contributed by atoms with Gasteiger partial charge in [0.1, 0.15) is 21.3 Å². The van der Waals surface area contributed by atoms with Gasteiger partial charge in [0.15, 0.2) is 11.5 Å². The van der Waals surface area contributed by atoms with Crippen molar-refractivity contribution >= 4 is 64.6 Å². The number of benzene rings is 4. The lowest BCUT2D eigenvalue weighted by atomic mass is 9.96. The highest BCUT2D eigenvalue weighted by Gasteiger charge is 2.28. The maximum absolute atomic E-state index is 13.9. The topological polar surface area (TPSA) is 163 Å². The average molecular weight is 947 g/mol. The predicted molar refractivity (Wildman–Crippen MR) is 269 cm³/mol. The molecule has 2 N–H and O–H groups in total. The van der Waals surface area contributed by atoms with E-state index in [-0.39, 0.29) is 21.3 Å². The number of rotatable bonds is 10. The van der Waals surface area contributed by atoms with Crippen LogP contribution in [-0.4, -0.2) is 51.0 Å². The van der Waals surface area contributed by atoms with E-state index >= 15 is 0 Å². The zero-order valence-electron chi connectivity index (χ0n) is 39.4. The summed E-state index contributed by atoms with van der Waals surface area (Å²) in [5.41, 5.74) is 15.5. The molecule has 9 rings (SSSR count). The zero-order valence-corrected chi connectivity index (χ0v) is 41.0. The fraction of sp³-hybridized carbons (Fsp3) is 0.185. The summed E-state index contributed by atoms with van der Waals surface area (Å²) in [6.07, 6.45) is 0. The first kappa shape index (κ1) is 45.7. The van der Waals surface area contributed by atoms with Crippen molar-refractivity contribution in [3.8, 4) is 45.3 Å². The molecule has 68 heavy (non-hydrogen) atoms. The van der Waals surface area contributed by atoms with Crippen LogP contribution in [0.3, 0.4) is 0 Å². The number of aromatic amines is 2. The largest absolute Gasteiger partial charge is 0.497 e. The van der Waals surface area contributed by atoms with E-state index in [9.17, 15) is 16.8 Å². The molecule has 14 heteroatoms. The molecule has 0 saturated carbocycles. The molecule has 0 saturated heterocycles. The Hall–Kier alpha value is -7.42. The minimum absolute atomic E-state index is 0.0200. The Kier molecular flexibility index (Phi) is 11.7. The van der Waals surface area contributed by atoms with E-state index in [2.05, 4.69) is 9.97 Å². The molecule has 0 fully saturated rings. The van der Waals surface area contributed by atoms with Crippen LogP contribution in [-0.2, 0) is 20.2 Å². The molecule has 7 aromatic rings. The lowest BCUT2D eigenvalue weighted by Crippen LogP contribution is -2.10. The van der Waals surface area contributed by atoms with E-state index in [4.69, 9.17) is 27.8 Å². The van der Waals surface area contributed by atoms with Gasteiger partial charge in [-0.3, -0.25) is 0 Å². The summed E-state index contributed by atoms with van der Waals surface area (Å²) in [6.45, 7) is 16.2. The Bertz CT molecular complexity index is 3450. The van der Waals surface area contributed by atoms with Crippen molar-refractivity contribution in [3.63, 3.8) is 0 Å². The smallest absolute Gasteiger partial charge is 0.339 e. The van der Waals surface area contributed by atoms with Gasteiger partial charge in [-0.05, 0) is 173 Å². The second-order valence-corrected chi connectivity index (χ2v) is 20.1.